The van der Waals surface area contributed by atoms with E-state index in [-0.39, 0.29) is 6.03 Å². The molecule has 0 radical (unpaired) electrons. The van der Waals surface area contributed by atoms with Crippen molar-refractivity contribution in [1.82, 2.24) is 15.2 Å². The zero-order valence-corrected chi connectivity index (χ0v) is 11.1. The molecule has 0 saturated carbocycles. The molecule has 5 nitrogen and oxygen atoms in total. The highest BCUT2D eigenvalue weighted by atomic mass is 32.1. The molecule has 2 N–H and O–H groups in total. The molecule has 0 aliphatic carbocycles. The second kappa shape index (κ2) is 5.38. The molecule has 2 amide bonds. The van der Waals surface area contributed by atoms with E-state index in [9.17, 15) is 4.79 Å². The van der Waals surface area contributed by atoms with Gasteiger partial charge in [0.05, 0.1) is 12.4 Å². The van der Waals surface area contributed by atoms with E-state index in [0.29, 0.717) is 11.8 Å². The zero-order chi connectivity index (χ0) is 13.1. The summed E-state index contributed by atoms with van der Waals surface area (Å²) < 4.78 is 0. The van der Waals surface area contributed by atoms with Crippen molar-refractivity contribution in [3.8, 4) is 11.3 Å². The van der Waals surface area contributed by atoms with Crippen LogP contribution < -0.4 is 10.6 Å². The SMILES string of the molecule is O=C(Nc1nc(-c2ccccc2)cs1)N1CCNC1. The van der Waals surface area contributed by atoms with Crippen LogP contribution in [0.5, 0.6) is 0 Å². The Morgan fingerprint density at radius 1 is 1.37 bits per heavy atom. The third kappa shape index (κ3) is 2.74. The van der Waals surface area contributed by atoms with Gasteiger partial charge in [0.15, 0.2) is 5.13 Å². The maximum Gasteiger partial charge on any atom is 0.324 e. The number of carbonyl (C=O) groups is 1. The van der Waals surface area contributed by atoms with Crippen LogP contribution >= 0.6 is 11.3 Å². The van der Waals surface area contributed by atoms with E-state index in [1.54, 1.807) is 4.90 Å². The van der Waals surface area contributed by atoms with E-state index in [4.69, 9.17) is 0 Å². The van der Waals surface area contributed by atoms with Gasteiger partial charge in [-0.3, -0.25) is 10.6 Å². The molecule has 1 aromatic heterocycles. The number of benzene rings is 1. The standard InChI is InChI=1S/C13H14N4OS/c18-13(17-7-6-14-9-17)16-12-15-11(8-19-12)10-4-2-1-3-5-10/h1-5,8,14H,6-7,9H2,(H,15,16,18). The quantitative estimate of drug-likeness (QED) is 0.882. The van der Waals surface area contributed by atoms with Crippen LogP contribution in [0.4, 0.5) is 9.93 Å². The van der Waals surface area contributed by atoms with Crippen LogP contribution in [-0.4, -0.2) is 35.7 Å². The van der Waals surface area contributed by atoms with Gasteiger partial charge in [0.25, 0.3) is 0 Å². The van der Waals surface area contributed by atoms with Crippen molar-refractivity contribution in [3.63, 3.8) is 0 Å². The number of aromatic nitrogens is 1. The molecule has 19 heavy (non-hydrogen) atoms. The third-order valence-corrected chi connectivity index (χ3v) is 3.69. The fourth-order valence-electron chi connectivity index (χ4n) is 1.92. The van der Waals surface area contributed by atoms with E-state index in [2.05, 4.69) is 15.6 Å². The Hall–Kier alpha value is -1.92. The topological polar surface area (TPSA) is 57.3 Å². The van der Waals surface area contributed by atoms with Gasteiger partial charge >= 0.3 is 6.03 Å². The van der Waals surface area contributed by atoms with Crippen LogP contribution in [0.25, 0.3) is 11.3 Å². The van der Waals surface area contributed by atoms with Gasteiger partial charge in [-0.15, -0.1) is 11.3 Å². The normalized spacial score (nSPS) is 14.6. The molecule has 0 unspecified atom stereocenters. The Labute approximate surface area is 115 Å². The highest BCUT2D eigenvalue weighted by molar-refractivity contribution is 7.14. The monoisotopic (exact) mass is 274 g/mol. The van der Waals surface area contributed by atoms with Crippen molar-refractivity contribution < 1.29 is 4.79 Å². The van der Waals surface area contributed by atoms with Gasteiger partial charge in [-0.1, -0.05) is 30.3 Å². The minimum absolute atomic E-state index is 0.0982. The summed E-state index contributed by atoms with van der Waals surface area (Å²) in [5.41, 5.74) is 1.95. The number of nitrogens with zero attached hydrogens (tertiary/aromatic N) is 2. The molecule has 1 aliphatic rings. The zero-order valence-electron chi connectivity index (χ0n) is 10.3. The van der Waals surface area contributed by atoms with Crippen molar-refractivity contribution in [2.75, 3.05) is 25.1 Å². The smallest absolute Gasteiger partial charge is 0.310 e. The first kappa shape index (κ1) is 12.1. The van der Waals surface area contributed by atoms with Gasteiger partial charge in [0, 0.05) is 24.0 Å². The molecule has 1 aliphatic heterocycles. The number of thiazole rings is 1. The second-order valence-corrected chi connectivity index (χ2v) is 5.11. The number of anilines is 1. The molecule has 0 spiro atoms. The molecule has 2 heterocycles. The minimum Gasteiger partial charge on any atom is -0.310 e. The van der Waals surface area contributed by atoms with Crippen molar-refractivity contribution in [2.45, 2.75) is 0 Å². The lowest BCUT2D eigenvalue weighted by atomic mass is 10.2. The lowest BCUT2D eigenvalue weighted by molar-refractivity contribution is 0.222. The average Bonchev–Trinajstić information content (AvgIpc) is 3.11. The first-order valence-corrected chi connectivity index (χ1v) is 6.98. The third-order valence-electron chi connectivity index (χ3n) is 2.94. The van der Waals surface area contributed by atoms with Gasteiger partial charge in [-0.2, -0.15) is 0 Å². The fraction of sp³-hybridized carbons (Fsp3) is 0.231. The van der Waals surface area contributed by atoms with Crippen LogP contribution in [0.1, 0.15) is 0 Å². The van der Waals surface area contributed by atoms with Crippen LogP contribution in [-0.2, 0) is 0 Å². The first-order valence-electron chi connectivity index (χ1n) is 6.10. The number of urea groups is 1. The molecule has 1 fully saturated rings. The molecule has 2 aromatic rings. The molecule has 6 heteroatoms. The summed E-state index contributed by atoms with van der Waals surface area (Å²) in [6, 6.07) is 9.83. The molecule has 1 aromatic carbocycles. The molecule has 0 atom stereocenters. The fourth-order valence-corrected chi connectivity index (χ4v) is 2.63. The largest absolute Gasteiger partial charge is 0.324 e. The molecule has 0 bridgehead atoms. The van der Waals surface area contributed by atoms with Gasteiger partial charge < -0.3 is 4.90 Å². The Morgan fingerprint density at radius 3 is 2.95 bits per heavy atom. The Bertz CT molecular complexity index is 563. The van der Waals surface area contributed by atoms with Crippen LogP contribution in [0, 0.1) is 0 Å². The van der Waals surface area contributed by atoms with E-state index in [1.165, 1.54) is 11.3 Å². The molecule has 3 rings (SSSR count). The Balaban J connectivity index is 1.70. The van der Waals surface area contributed by atoms with Gasteiger partial charge in [0.2, 0.25) is 0 Å². The van der Waals surface area contributed by atoms with Crippen molar-refractivity contribution in [2.24, 2.45) is 0 Å². The van der Waals surface area contributed by atoms with E-state index >= 15 is 0 Å². The number of hydrogen-bond donors (Lipinski definition) is 2. The number of hydrogen-bond acceptors (Lipinski definition) is 4. The van der Waals surface area contributed by atoms with Gasteiger partial charge in [-0.05, 0) is 0 Å². The summed E-state index contributed by atoms with van der Waals surface area (Å²) in [6.07, 6.45) is 0. The van der Waals surface area contributed by atoms with E-state index in [0.717, 1.165) is 24.3 Å². The molecule has 98 valence electrons. The van der Waals surface area contributed by atoms with Gasteiger partial charge in [0.1, 0.15) is 0 Å². The number of carbonyl (C=O) groups excluding carboxylic acids is 1. The molecular formula is C13H14N4OS. The lowest BCUT2D eigenvalue weighted by Crippen LogP contribution is -2.33. The average molecular weight is 274 g/mol. The van der Waals surface area contributed by atoms with Crippen LogP contribution in [0.3, 0.4) is 0 Å². The molecule has 1 saturated heterocycles. The van der Waals surface area contributed by atoms with Crippen molar-refractivity contribution >= 4 is 22.5 Å². The predicted molar refractivity (Wildman–Crippen MR) is 76.1 cm³/mol. The van der Waals surface area contributed by atoms with Crippen molar-refractivity contribution in [1.29, 1.82) is 0 Å². The maximum absolute atomic E-state index is 11.9. The second-order valence-electron chi connectivity index (χ2n) is 4.26. The number of nitrogens with one attached hydrogen (secondary N) is 2. The van der Waals surface area contributed by atoms with Crippen LogP contribution in [0.15, 0.2) is 35.7 Å². The van der Waals surface area contributed by atoms with Gasteiger partial charge in [-0.25, -0.2) is 9.78 Å². The summed E-state index contributed by atoms with van der Waals surface area (Å²) in [7, 11) is 0. The highest BCUT2D eigenvalue weighted by Crippen LogP contribution is 2.24. The maximum atomic E-state index is 11.9. The lowest BCUT2D eigenvalue weighted by Gasteiger charge is -2.13. The number of amides is 2. The Morgan fingerprint density at radius 2 is 2.21 bits per heavy atom. The van der Waals surface area contributed by atoms with E-state index < -0.39 is 0 Å². The predicted octanol–water partition coefficient (Wildman–Crippen LogP) is 2.20. The first-order chi connectivity index (χ1) is 9.33. The van der Waals surface area contributed by atoms with Crippen molar-refractivity contribution in [3.05, 3.63) is 35.7 Å². The highest BCUT2D eigenvalue weighted by Gasteiger charge is 2.18. The van der Waals surface area contributed by atoms with E-state index in [1.807, 2.05) is 35.7 Å². The summed E-state index contributed by atoms with van der Waals surface area (Å²) in [5.74, 6) is 0. The summed E-state index contributed by atoms with van der Waals surface area (Å²) in [6.45, 7) is 2.19. The summed E-state index contributed by atoms with van der Waals surface area (Å²) >= 11 is 1.44. The molecular weight excluding hydrogens is 260 g/mol. The summed E-state index contributed by atoms with van der Waals surface area (Å²) in [4.78, 5) is 18.1. The summed E-state index contributed by atoms with van der Waals surface area (Å²) in [5, 5.41) is 8.53. The number of rotatable bonds is 2. The van der Waals surface area contributed by atoms with Crippen LogP contribution in [0.2, 0.25) is 0 Å². The Kier molecular flexibility index (Phi) is 3.43. The minimum atomic E-state index is -0.0982.